The van der Waals surface area contributed by atoms with Crippen LogP contribution in [0.2, 0.25) is 0 Å². The van der Waals surface area contributed by atoms with Crippen molar-refractivity contribution >= 4 is 11.9 Å². The van der Waals surface area contributed by atoms with E-state index in [1.807, 2.05) is 66.7 Å². The molecular weight excluding hydrogens is 478 g/mol. The molecule has 38 heavy (non-hydrogen) atoms. The van der Waals surface area contributed by atoms with Gasteiger partial charge in [0.25, 0.3) is 0 Å². The van der Waals surface area contributed by atoms with Gasteiger partial charge < -0.3 is 19.9 Å². The second-order valence-electron chi connectivity index (χ2n) is 9.16. The number of aliphatic carboxylic acids is 1. The van der Waals surface area contributed by atoms with Crippen LogP contribution >= 0.6 is 0 Å². The molecule has 1 aliphatic carbocycles. The third-order valence-corrected chi connectivity index (χ3v) is 6.56. The number of carbonyl (C=O) groups excluding carboxylic acids is 1. The molecule has 3 aromatic rings. The molecule has 3 aromatic carbocycles. The fourth-order valence-corrected chi connectivity index (χ4v) is 4.63. The first kappa shape index (κ1) is 26.7. The number of hydrogen-bond acceptors (Lipinski definition) is 4. The fourth-order valence-electron chi connectivity index (χ4n) is 4.63. The van der Waals surface area contributed by atoms with Gasteiger partial charge in [0.05, 0.1) is 19.6 Å². The number of para-hydroxylation sites is 1. The lowest BCUT2D eigenvalue weighted by molar-refractivity contribution is -0.141. The topological polar surface area (TPSA) is 84.9 Å². The van der Waals surface area contributed by atoms with E-state index < -0.39 is 17.9 Å². The van der Waals surface area contributed by atoms with Crippen molar-refractivity contribution in [2.24, 2.45) is 0 Å². The van der Waals surface area contributed by atoms with E-state index in [1.54, 1.807) is 19.2 Å². The number of carboxylic acid groups (broad SMARTS) is 1. The standard InChI is InChI=1S/C32H33NO5/c1-37-28-19-11-18-26(30(28)38-21-20-23-12-5-2-6-13-23)22-27(32(35)36)33-31(34)29(24-14-7-3-8-15-24)25-16-9-4-10-17-25/h3-5,7-19,27,29H,2,6,20-22H2,1H3,(H,33,34)(H,35,36). The molecule has 0 aromatic heterocycles. The molecule has 4 rings (SSSR count). The Labute approximate surface area is 223 Å². The molecule has 0 fully saturated rings. The van der Waals surface area contributed by atoms with Gasteiger partial charge in [0.1, 0.15) is 6.04 Å². The van der Waals surface area contributed by atoms with Gasteiger partial charge in [-0.1, -0.05) is 91.0 Å². The van der Waals surface area contributed by atoms with Crippen molar-refractivity contribution in [3.05, 3.63) is 119 Å². The number of methoxy groups -OCH3 is 1. The van der Waals surface area contributed by atoms with Gasteiger partial charge in [-0.2, -0.15) is 0 Å². The van der Waals surface area contributed by atoms with Gasteiger partial charge in [-0.05, 0) is 35.6 Å². The Bertz CT molecular complexity index is 1240. The number of ether oxygens (including phenoxy) is 2. The van der Waals surface area contributed by atoms with Crippen molar-refractivity contribution in [1.29, 1.82) is 0 Å². The summed E-state index contributed by atoms with van der Waals surface area (Å²) in [4.78, 5) is 25.9. The van der Waals surface area contributed by atoms with E-state index in [9.17, 15) is 14.7 Å². The van der Waals surface area contributed by atoms with E-state index in [-0.39, 0.29) is 12.3 Å². The average molecular weight is 512 g/mol. The normalized spacial score (nSPS) is 13.5. The largest absolute Gasteiger partial charge is 0.493 e. The van der Waals surface area contributed by atoms with Crippen molar-refractivity contribution in [2.75, 3.05) is 13.7 Å². The number of carboxylic acids is 1. The summed E-state index contributed by atoms with van der Waals surface area (Å²) in [7, 11) is 1.55. The minimum atomic E-state index is -1.16. The van der Waals surface area contributed by atoms with Crippen LogP contribution in [-0.2, 0) is 16.0 Å². The molecule has 0 spiro atoms. The molecule has 1 aliphatic rings. The summed E-state index contributed by atoms with van der Waals surface area (Å²) in [5.41, 5.74) is 3.45. The summed E-state index contributed by atoms with van der Waals surface area (Å²) in [5.74, 6) is -1.12. The molecular formula is C32H33NO5. The Hall–Kier alpha value is -4.32. The second kappa shape index (κ2) is 13.3. The Morgan fingerprint density at radius 2 is 1.61 bits per heavy atom. The number of allylic oxidation sites excluding steroid dienone is 3. The van der Waals surface area contributed by atoms with E-state index in [1.165, 1.54) is 5.57 Å². The molecule has 6 nitrogen and oxygen atoms in total. The molecule has 0 aliphatic heterocycles. The number of amides is 1. The summed E-state index contributed by atoms with van der Waals surface area (Å²) >= 11 is 0. The summed E-state index contributed by atoms with van der Waals surface area (Å²) in [5, 5.41) is 12.8. The summed E-state index contributed by atoms with van der Waals surface area (Å²) < 4.78 is 11.6. The van der Waals surface area contributed by atoms with Crippen LogP contribution in [0.4, 0.5) is 0 Å². The highest BCUT2D eigenvalue weighted by molar-refractivity contribution is 5.90. The van der Waals surface area contributed by atoms with E-state index in [0.717, 1.165) is 30.4 Å². The third kappa shape index (κ3) is 6.91. The monoisotopic (exact) mass is 511 g/mol. The van der Waals surface area contributed by atoms with Crippen LogP contribution in [0.25, 0.3) is 0 Å². The van der Waals surface area contributed by atoms with Crippen molar-refractivity contribution < 1.29 is 24.2 Å². The van der Waals surface area contributed by atoms with Gasteiger partial charge in [0, 0.05) is 18.4 Å². The molecule has 1 unspecified atom stereocenters. The summed E-state index contributed by atoms with van der Waals surface area (Å²) in [6.45, 7) is 0.428. The number of hydrogen-bond donors (Lipinski definition) is 2. The van der Waals surface area contributed by atoms with Crippen LogP contribution in [0.5, 0.6) is 11.5 Å². The second-order valence-corrected chi connectivity index (χ2v) is 9.16. The maximum Gasteiger partial charge on any atom is 0.326 e. The van der Waals surface area contributed by atoms with Gasteiger partial charge in [-0.3, -0.25) is 4.79 Å². The van der Waals surface area contributed by atoms with Gasteiger partial charge in [-0.25, -0.2) is 4.79 Å². The van der Waals surface area contributed by atoms with E-state index in [4.69, 9.17) is 9.47 Å². The molecule has 1 atom stereocenters. The molecule has 2 N–H and O–H groups in total. The van der Waals surface area contributed by atoms with Crippen molar-refractivity contribution in [3.63, 3.8) is 0 Å². The number of benzene rings is 3. The average Bonchev–Trinajstić information content (AvgIpc) is 2.95. The molecule has 0 saturated heterocycles. The zero-order valence-electron chi connectivity index (χ0n) is 21.5. The van der Waals surface area contributed by atoms with Crippen LogP contribution in [-0.4, -0.2) is 36.7 Å². The lowest BCUT2D eigenvalue weighted by Crippen LogP contribution is -2.44. The minimum Gasteiger partial charge on any atom is -0.493 e. The summed E-state index contributed by atoms with van der Waals surface area (Å²) in [6.07, 6.45) is 9.34. The van der Waals surface area contributed by atoms with E-state index >= 15 is 0 Å². The Morgan fingerprint density at radius 3 is 2.18 bits per heavy atom. The molecule has 0 bridgehead atoms. The van der Waals surface area contributed by atoms with Crippen molar-refractivity contribution in [3.8, 4) is 11.5 Å². The quantitative estimate of drug-likeness (QED) is 0.327. The zero-order valence-corrected chi connectivity index (χ0v) is 21.5. The number of nitrogens with one attached hydrogen (secondary N) is 1. The molecule has 1 amide bonds. The van der Waals surface area contributed by atoms with Crippen LogP contribution in [0.1, 0.15) is 41.9 Å². The first-order valence-electron chi connectivity index (χ1n) is 12.8. The van der Waals surface area contributed by atoms with E-state index in [2.05, 4.69) is 23.5 Å². The van der Waals surface area contributed by atoms with Crippen LogP contribution in [0, 0.1) is 0 Å². The first-order chi connectivity index (χ1) is 18.6. The zero-order chi connectivity index (χ0) is 26.7. The predicted octanol–water partition coefficient (Wildman–Crippen LogP) is 5.68. The van der Waals surface area contributed by atoms with Crippen LogP contribution in [0.3, 0.4) is 0 Å². The first-order valence-corrected chi connectivity index (χ1v) is 12.8. The molecule has 0 radical (unpaired) electrons. The Kier molecular flexibility index (Phi) is 9.35. The number of rotatable bonds is 12. The SMILES string of the molecule is COc1cccc(CC(NC(=O)C(c2ccccc2)c2ccccc2)C(=O)O)c1OCCC1=CCCC=C1. The minimum absolute atomic E-state index is 0.0481. The van der Waals surface area contributed by atoms with Crippen LogP contribution < -0.4 is 14.8 Å². The Balaban J connectivity index is 1.54. The third-order valence-electron chi connectivity index (χ3n) is 6.56. The van der Waals surface area contributed by atoms with Gasteiger partial charge in [0.2, 0.25) is 5.91 Å². The smallest absolute Gasteiger partial charge is 0.326 e. The maximum absolute atomic E-state index is 13.6. The van der Waals surface area contributed by atoms with Crippen molar-refractivity contribution in [2.45, 2.75) is 37.6 Å². The molecule has 0 saturated carbocycles. The fraction of sp³-hybridized carbons (Fsp3) is 0.250. The summed E-state index contributed by atoms with van der Waals surface area (Å²) in [6, 6.07) is 23.0. The van der Waals surface area contributed by atoms with Gasteiger partial charge in [0.15, 0.2) is 11.5 Å². The predicted molar refractivity (Wildman–Crippen MR) is 148 cm³/mol. The lowest BCUT2D eigenvalue weighted by atomic mass is 9.90. The van der Waals surface area contributed by atoms with E-state index in [0.29, 0.717) is 23.7 Å². The van der Waals surface area contributed by atoms with Gasteiger partial charge in [-0.15, -0.1) is 0 Å². The highest BCUT2D eigenvalue weighted by atomic mass is 16.5. The molecule has 6 heteroatoms. The number of carbonyl (C=O) groups is 2. The van der Waals surface area contributed by atoms with Gasteiger partial charge >= 0.3 is 5.97 Å². The highest BCUT2D eigenvalue weighted by Crippen LogP contribution is 2.33. The Morgan fingerprint density at radius 1 is 0.921 bits per heavy atom. The lowest BCUT2D eigenvalue weighted by Gasteiger charge is -2.22. The van der Waals surface area contributed by atoms with Crippen molar-refractivity contribution in [1.82, 2.24) is 5.32 Å². The maximum atomic E-state index is 13.6. The molecule has 0 heterocycles. The highest BCUT2D eigenvalue weighted by Gasteiger charge is 2.29. The van der Waals surface area contributed by atoms with Crippen LogP contribution in [0.15, 0.2) is 103 Å². The molecule has 196 valence electrons.